The highest BCUT2D eigenvalue weighted by Crippen LogP contribution is 2.18. The van der Waals surface area contributed by atoms with E-state index in [1.165, 1.54) is 12.3 Å². The molecule has 0 bridgehead atoms. The molecular formula is C12H15FN2O. The molecule has 1 heterocycles. The number of pyridine rings is 1. The summed E-state index contributed by atoms with van der Waals surface area (Å²) in [5.41, 5.74) is 0.618. The molecule has 16 heavy (non-hydrogen) atoms. The van der Waals surface area contributed by atoms with Crippen LogP contribution < -0.4 is 5.32 Å². The van der Waals surface area contributed by atoms with Gasteiger partial charge >= 0.3 is 0 Å². The first-order valence-electron chi connectivity index (χ1n) is 5.60. The minimum atomic E-state index is -0.383. The van der Waals surface area contributed by atoms with E-state index in [0.717, 1.165) is 25.7 Å². The third-order valence-electron chi connectivity index (χ3n) is 2.96. The Hall–Kier alpha value is -1.45. The van der Waals surface area contributed by atoms with Gasteiger partial charge in [-0.25, -0.2) is 4.39 Å². The van der Waals surface area contributed by atoms with Gasteiger partial charge in [0.15, 0.2) is 0 Å². The fraction of sp³-hybridized carbons (Fsp3) is 0.500. The van der Waals surface area contributed by atoms with Crippen LogP contribution in [-0.2, 0) is 0 Å². The lowest BCUT2D eigenvalue weighted by molar-refractivity contribution is 0.0932. The SMILES string of the molecule is Cc1cnc(C(=O)NC2CCCC2)cc1F. The Morgan fingerprint density at radius 1 is 1.50 bits per heavy atom. The van der Waals surface area contributed by atoms with Crippen LogP contribution in [0.5, 0.6) is 0 Å². The second-order valence-corrected chi connectivity index (χ2v) is 4.27. The molecule has 1 aromatic rings. The van der Waals surface area contributed by atoms with E-state index in [0.29, 0.717) is 5.56 Å². The second kappa shape index (κ2) is 4.60. The van der Waals surface area contributed by atoms with Crippen molar-refractivity contribution in [2.45, 2.75) is 38.6 Å². The number of aryl methyl sites for hydroxylation is 1. The Labute approximate surface area is 94.1 Å². The summed E-state index contributed by atoms with van der Waals surface area (Å²) in [4.78, 5) is 15.7. The maximum absolute atomic E-state index is 13.2. The lowest BCUT2D eigenvalue weighted by Crippen LogP contribution is -2.33. The van der Waals surface area contributed by atoms with Gasteiger partial charge in [0.2, 0.25) is 0 Å². The normalized spacial score (nSPS) is 16.4. The molecule has 1 saturated carbocycles. The van der Waals surface area contributed by atoms with Crippen LogP contribution in [0, 0.1) is 12.7 Å². The highest BCUT2D eigenvalue weighted by atomic mass is 19.1. The van der Waals surface area contributed by atoms with E-state index >= 15 is 0 Å². The van der Waals surface area contributed by atoms with Gasteiger partial charge in [-0.05, 0) is 19.8 Å². The molecule has 1 amide bonds. The number of hydrogen-bond acceptors (Lipinski definition) is 2. The van der Waals surface area contributed by atoms with Crippen molar-refractivity contribution in [3.63, 3.8) is 0 Å². The average molecular weight is 222 g/mol. The summed E-state index contributed by atoms with van der Waals surface area (Å²) in [6.07, 6.45) is 5.72. The first-order valence-corrected chi connectivity index (χ1v) is 5.60. The molecule has 0 unspecified atom stereocenters. The molecule has 1 aromatic heterocycles. The van der Waals surface area contributed by atoms with Crippen molar-refractivity contribution in [1.29, 1.82) is 0 Å². The van der Waals surface area contributed by atoms with Crippen LogP contribution >= 0.6 is 0 Å². The summed E-state index contributed by atoms with van der Waals surface area (Å²) in [6, 6.07) is 1.43. The molecule has 1 fully saturated rings. The van der Waals surface area contributed by atoms with Crippen LogP contribution in [0.25, 0.3) is 0 Å². The van der Waals surface area contributed by atoms with Gasteiger partial charge in [-0.2, -0.15) is 0 Å². The van der Waals surface area contributed by atoms with Crippen LogP contribution in [-0.4, -0.2) is 16.9 Å². The van der Waals surface area contributed by atoms with Gasteiger partial charge in [0.25, 0.3) is 5.91 Å². The Balaban J connectivity index is 2.05. The Kier molecular flexibility index (Phi) is 3.17. The van der Waals surface area contributed by atoms with E-state index in [4.69, 9.17) is 0 Å². The zero-order valence-electron chi connectivity index (χ0n) is 9.29. The standard InChI is InChI=1S/C12H15FN2O/c1-8-7-14-11(6-10(8)13)12(16)15-9-4-2-3-5-9/h6-7,9H,2-5H2,1H3,(H,15,16). The smallest absolute Gasteiger partial charge is 0.270 e. The van der Waals surface area contributed by atoms with Crippen molar-refractivity contribution < 1.29 is 9.18 Å². The van der Waals surface area contributed by atoms with Crippen molar-refractivity contribution in [3.05, 3.63) is 29.3 Å². The maximum Gasteiger partial charge on any atom is 0.270 e. The fourth-order valence-corrected chi connectivity index (χ4v) is 1.95. The largest absolute Gasteiger partial charge is 0.348 e. The van der Waals surface area contributed by atoms with Crippen molar-refractivity contribution in [3.8, 4) is 0 Å². The van der Waals surface area contributed by atoms with Gasteiger partial charge < -0.3 is 5.32 Å². The third-order valence-corrected chi connectivity index (χ3v) is 2.96. The van der Waals surface area contributed by atoms with Crippen LogP contribution in [0.3, 0.4) is 0 Å². The fourth-order valence-electron chi connectivity index (χ4n) is 1.95. The molecule has 2 rings (SSSR count). The number of halogens is 1. The van der Waals surface area contributed by atoms with Crippen molar-refractivity contribution in [2.24, 2.45) is 0 Å². The quantitative estimate of drug-likeness (QED) is 0.833. The van der Waals surface area contributed by atoms with Crippen molar-refractivity contribution in [2.75, 3.05) is 0 Å². The lowest BCUT2D eigenvalue weighted by Gasteiger charge is -2.11. The molecule has 0 radical (unpaired) electrons. The number of rotatable bonds is 2. The highest BCUT2D eigenvalue weighted by Gasteiger charge is 2.18. The van der Waals surface area contributed by atoms with Crippen molar-refractivity contribution >= 4 is 5.91 Å². The molecule has 0 spiro atoms. The van der Waals surface area contributed by atoms with Gasteiger partial charge in [-0.3, -0.25) is 9.78 Å². The Bertz CT molecular complexity index is 400. The van der Waals surface area contributed by atoms with Gasteiger partial charge in [0.05, 0.1) is 0 Å². The lowest BCUT2D eigenvalue weighted by atomic mass is 10.2. The minimum absolute atomic E-state index is 0.162. The van der Waals surface area contributed by atoms with E-state index in [1.54, 1.807) is 6.92 Å². The minimum Gasteiger partial charge on any atom is -0.348 e. The molecule has 0 aliphatic heterocycles. The predicted molar refractivity (Wildman–Crippen MR) is 58.7 cm³/mol. The molecule has 1 aliphatic rings. The predicted octanol–water partition coefficient (Wildman–Crippen LogP) is 2.20. The molecule has 0 atom stereocenters. The van der Waals surface area contributed by atoms with Crippen LogP contribution in [0.2, 0.25) is 0 Å². The van der Waals surface area contributed by atoms with E-state index in [2.05, 4.69) is 10.3 Å². The van der Waals surface area contributed by atoms with Crippen molar-refractivity contribution in [1.82, 2.24) is 10.3 Å². The summed E-state index contributed by atoms with van der Waals surface area (Å²) >= 11 is 0. The first-order chi connectivity index (χ1) is 7.66. The van der Waals surface area contributed by atoms with Crippen LogP contribution in [0.1, 0.15) is 41.7 Å². The zero-order chi connectivity index (χ0) is 11.5. The van der Waals surface area contributed by atoms with E-state index in [9.17, 15) is 9.18 Å². The maximum atomic E-state index is 13.2. The molecule has 0 saturated heterocycles. The molecule has 86 valence electrons. The number of carbonyl (C=O) groups is 1. The number of hydrogen-bond donors (Lipinski definition) is 1. The molecule has 0 aromatic carbocycles. The zero-order valence-corrected chi connectivity index (χ0v) is 9.29. The first kappa shape index (κ1) is 11.0. The number of carbonyl (C=O) groups excluding carboxylic acids is 1. The number of nitrogens with one attached hydrogen (secondary N) is 1. The van der Waals surface area contributed by atoms with E-state index in [1.807, 2.05) is 0 Å². The third kappa shape index (κ3) is 2.38. The highest BCUT2D eigenvalue weighted by molar-refractivity contribution is 5.92. The summed E-state index contributed by atoms with van der Waals surface area (Å²) in [7, 11) is 0. The molecule has 1 aliphatic carbocycles. The summed E-state index contributed by atoms with van der Waals surface area (Å²) in [5, 5.41) is 2.87. The average Bonchev–Trinajstić information content (AvgIpc) is 2.74. The number of amides is 1. The molecule has 1 N–H and O–H groups in total. The summed E-state index contributed by atoms with van der Waals surface area (Å²) in [6.45, 7) is 1.63. The molecular weight excluding hydrogens is 207 g/mol. The van der Waals surface area contributed by atoms with Gasteiger partial charge in [0.1, 0.15) is 11.5 Å². The van der Waals surface area contributed by atoms with Gasteiger partial charge in [-0.1, -0.05) is 12.8 Å². The second-order valence-electron chi connectivity index (χ2n) is 4.27. The Morgan fingerprint density at radius 2 is 2.19 bits per heavy atom. The topological polar surface area (TPSA) is 42.0 Å². The van der Waals surface area contributed by atoms with E-state index in [-0.39, 0.29) is 23.5 Å². The van der Waals surface area contributed by atoms with Gasteiger partial charge in [0, 0.05) is 23.9 Å². The van der Waals surface area contributed by atoms with Crippen LogP contribution in [0.15, 0.2) is 12.3 Å². The summed E-state index contributed by atoms with van der Waals surface area (Å²) < 4.78 is 13.2. The Morgan fingerprint density at radius 3 is 2.81 bits per heavy atom. The summed E-state index contributed by atoms with van der Waals surface area (Å²) in [5.74, 6) is -0.655. The molecule has 4 heteroatoms. The number of nitrogens with zero attached hydrogens (tertiary/aromatic N) is 1. The van der Waals surface area contributed by atoms with Gasteiger partial charge in [-0.15, -0.1) is 0 Å². The number of aromatic nitrogens is 1. The van der Waals surface area contributed by atoms with Crippen LogP contribution in [0.4, 0.5) is 4.39 Å². The molecule has 3 nitrogen and oxygen atoms in total. The van der Waals surface area contributed by atoms with E-state index < -0.39 is 0 Å². The monoisotopic (exact) mass is 222 g/mol.